The quantitative estimate of drug-likeness (QED) is 0.584. The molecule has 1 rings (SSSR count). The molecule has 1 aliphatic heterocycles. The third-order valence-electron chi connectivity index (χ3n) is 4.09. The number of thiocarbonyl (C=S) groups is 1. The first-order valence-electron chi connectivity index (χ1n) is 7.30. The molecule has 0 bridgehead atoms. The molecule has 116 valence electrons. The number of hydrogen-bond acceptors (Lipinski definition) is 5. The van der Waals surface area contributed by atoms with E-state index in [1.807, 2.05) is 27.7 Å². The van der Waals surface area contributed by atoms with Crippen LogP contribution in [0.4, 0.5) is 0 Å². The van der Waals surface area contributed by atoms with E-state index >= 15 is 0 Å². The van der Waals surface area contributed by atoms with Crippen molar-refractivity contribution < 1.29 is 9.53 Å². The van der Waals surface area contributed by atoms with Crippen molar-refractivity contribution in [2.24, 2.45) is 5.73 Å². The van der Waals surface area contributed by atoms with Gasteiger partial charge >= 0.3 is 5.97 Å². The van der Waals surface area contributed by atoms with Gasteiger partial charge in [-0.05, 0) is 27.2 Å². The highest BCUT2D eigenvalue weighted by atomic mass is 32.1. The van der Waals surface area contributed by atoms with E-state index in [9.17, 15) is 4.79 Å². The summed E-state index contributed by atoms with van der Waals surface area (Å²) in [6, 6.07) is -0.134. The summed E-state index contributed by atoms with van der Waals surface area (Å²) in [5.41, 5.74) is 5.54. The Morgan fingerprint density at radius 1 is 1.30 bits per heavy atom. The minimum Gasteiger partial charge on any atom is -0.465 e. The van der Waals surface area contributed by atoms with Gasteiger partial charge in [0.15, 0.2) is 0 Å². The molecule has 1 saturated heterocycles. The van der Waals surface area contributed by atoms with E-state index in [0.717, 1.165) is 32.6 Å². The van der Waals surface area contributed by atoms with Gasteiger partial charge in [0.1, 0.15) is 6.04 Å². The van der Waals surface area contributed by atoms with Crippen molar-refractivity contribution in [2.45, 2.75) is 45.7 Å². The number of rotatable bonds is 6. The van der Waals surface area contributed by atoms with Crippen molar-refractivity contribution in [3.63, 3.8) is 0 Å². The molecule has 1 unspecified atom stereocenters. The third kappa shape index (κ3) is 3.90. The van der Waals surface area contributed by atoms with Crippen molar-refractivity contribution in [3.05, 3.63) is 0 Å². The molecule has 20 heavy (non-hydrogen) atoms. The van der Waals surface area contributed by atoms with Crippen molar-refractivity contribution >= 4 is 23.2 Å². The average molecular weight is 301 g/mol. The van der Waals surface area contributed by atoms with Gasteiger partial charge in [-0.3, -0.25) is 14.6 Å². The number of carbonyl (C=O) groups excluding carboxylic acids is 1. The van der Waals surface area contributed by atoms with Gasteiger partial charge in [0, 0.05) is 26.2 Å². The molecule has 0 spiro atoms. The smallest absolute Gasteiger partial charge is 0.323 e. The molecule has 0 aromatic heterocycles. The molecule has 0 aromatic rings. The molecule has 0 aromatic carbocycles. The summed E-state index contributed by atoms with van der Waals surface area (Å²) >= 11 is 5.14. The number of nitrogens with two attached hydrogens (primary N) is 1. The van der Waals surface area contributed by atoms with Crippen LogP contribution in [-0.2, 0) is 9.53 Å². The fraction of sp³-hybridized carbons (Fsp3) is 0.857. The molecule has 5 nitrogen and oxygen atoms in total. The number of esters is 1. The predicted octanol–water partition coefficient (Wildman–Crippen LogP) is 1.01. The van der Waals surface area contributed by atoms with E-state index in [-0.39, 0.29) is 17.6 Å². The summed E-state index contributed by atoms with van der Waals surface area (Å²) in [5, 5.41) is 0. The lowest BCUT2D eigenvalue weighted by molar-refractivity contribution is -0.150. The summed E-state index contributed by atoms with van der Waals surface area (Å²) in [5.74, 6) is -0.114. The van der Waals surface area contributed by atoms with Gasteiger partial charge in [-0.25, -0.2) is 0 Å². The van der Waals surface area contributed by atoms with Crippen LogP contribution in [0.15, 0.2) is 0 Å². The molecule has 0 saturated carbocycles. The van der Waals surface area contributed by atoms with E-state index in [1.165, 1.54) is 0 Å². The van der Waals surface area contributed by atoms with E-state index in [0.29, 0.717) is 11.6 Å². The second kappa shape index (κ2) is 7.33. The first-order chi connectivity index (χ1) is 9.34. The summed E-state index contributed by atoms with van der Waals surface area (Å²) < 4.78 is 5.15. The molecular weight excluding hydrogens is 274 g/mol. The summed E-state index contributed by atoms with van der Waals surface area (Å²) in [6.45, 7) is 11.8. The topological polar surface area (TPSA) is 58.8 Å². The molecule has 1 fully saturated rings. The van der Waals surface area contributed by atoms with Crippen LogP contribution in [0.2, 0.25) is 0 Å². The Bertz CT molecular complexity index is 352. The lowest BCUT2D eigenvalue weighted by Crippen LogP contribution is -2.61. The zero-order valence-electron chi connectivity index (χ0n) is 13.0. The fourth-order valence-corrected chi connectivity index (χ4v) is 2.69. The highest BCUT2D eigenvalue weighted by Crippen LogP contribution is 2.19. The first-order valence-corrected chi connectivity index (χ1v) is 7.71. The van der Waals surface area contributed by atoms with Gasteiger partial charge in [0.25, 0.3) is 0 Å². The first kappa shape index (κ1) is 17.3. The Balaban J connectivity index is 2.61. The lowest BCUT2D eigenvalue weighted by Gasteiger charge is -2.44. The third-order valence-corrected chi connectivity index (χ3v) is 4.59. The largest absolute Gasteiger partial charge is 0.465 e. The number of carbonyl (C=O) groups is 1. The SMILES string of the molecule is CCOC(=O)C(CC)N1CCN(C(C)(C)C(N)=S)CC1. The van der Waals surface area contributed by atoms with Crippen LogP contribution in [0.3, 0.4) is 0 Å². The minimum absolute atomic E-state index is 0.114. The molecule has 6 heteroatoms. The number of hydrogen-bond donors (Lipinski definition) is 1. The van der Waals surface area contributed by atoms with E-state index in [4.69, 9.17) is 22.7 Å². The van der Waals surface area contributed by atoms with Crippen LogP contribution < -0.4 is 5.73 Å². The van der Waals surface area contributed by atoms with E-state index in [1.54, 1.807) is 0 Å². The maximum absolute atomic E-state index is 11.9. The number of ether oxygens (including phenoxy) is 1. The van der Waals surface area contributed by atoms with E-state index in [2.05, 4.69) is 9.80 Å². The zero-order valence-corrected chi connectivity index (χ0v) is 13.8. The normalized spacial score (nSPS) is 19.6. The highest BCUT2D eigenvalue weighted by molar-refractivity contribution is 7.80. The monoisotopic (exact) mass is 301 g/mol. The van der Waals surface area contributed by atoms with Crippen LogP contribution in [0, 0.1) is 0 Å². The van der Waals surface area contributed by atoms with Crippen LogP contribution in [0.5, 0.6) is 0 Å². The number of piperazine rings is 1. The van der Waals surface area contributed by atoms with Crippen LogP contribution >= 0.6 is 12.2 Å². The molecule has 0 aliphatic carbocycles. The van der Waals surface area contributed by atoms with Crippen molar-refractivity contribution in [1.29, 1.82) is 0 Å². The van der Waals surface area contributed by atoms with Crippen molar-refractivity contribution in [3.8, 4) is 0 Å². The number of nitrogens with zero attached hydrogens (tertiary/aromatic N) is 2. The summed E-state index contributed by atoms with van der Waals surface area (Å²) in [6.07, 6.45) is 0.775. The van der Waals surface area contributed by atoms with Gasteiger partial charge in [-0.2, -0.15) is 0 Å². The van der Waals surface area contributed by atoms with Crippen LogP contribution in [-0.4, -0.2) is 65.1 Å². The molecular formula is C14H27N3O2S. The van der Waals surface area contributed by atoms with Gasteiger partial charge in [-0.1, -0.05) is 19.1 Å². The highest BCUT2D eigenvalue weighted by Gasteiger charge is 2.35. The van der Waals surface area contributed by atoms with Gasteiger partial charge in [0.2, 0.25) is 0 Å². The van der Waals surface area contributed by atoms with Crippen molar-refractivity contribution in [1.82, 2.24) is 9.80 Å². The van der Waals surface area contributed by atoms with E-state index < -0.39 is 0 Å². The summed E-state index contributed by atoms with van der Waals surface area (Å²) in [4.78, 5) is 16.9. The van der Waals surface area contributed by atoms with Crippen molar-refractivity contribution in [2.75, 3.05) is 32.8 Å². The molecule has 0 amide bonds. The van der Waals surface area contributed by atoms with Gasteiger partial charge in [-0.15, -0.1) is 0 Å². The van der Waals surface area contributed by atoms with Crippen LogP contribution in [0.1, 0.15) is 34.1 Å². The minimum atomic E-state index is -0.271. The second-order valence-corrected chi connectivity index (χ2v) is 6.06. The lowest BCUT2D eigenvalue weighted by atomic mass is 10.0. The Labute approximate surface area is 127 Å². The van der Waals surface area contributed by atoms with Gasteiger partial charge in [0.05, 0.1) is 17.1 Å². The standard InChI is InChI=1S/C14H27N3O2S/c1-5-11(12(18)19-6-2)16-7-9-17(10-8-16)14(3,4)13(15)20/h11H,5-10H2,1-4H3,(H2,15,20). The Kier molecular flexibility index (Phi) is 6.36. The maximum Gasteiger partial charge on any atom is 0.323 e. The molecule has 1 atom stereocenters. The van der Waals surface area contributed by atoms with Crippen LogP contribution in [0.25, 0.3) is 0 Å². The maximum atomic E-state index is 11.9. The molecule has 1 aliphatic rings. The Hall–Kier alpha value is -0.720. The molecule has 1 heterocycles. The Morgan fingerprint density at radius 2 is 1.85 bits per heavy atom. The second-order valence-electron chi connectivity index (χ2n) is 5.62. The summed E-state index contributed by atoms with van der Waals surface area (Å²) in [7, 11) is 0. The zero-order chi connectivity index (χ0) is 15.3. The fourth-order valence-electron chi connectivity index (χ4n) is 2.56. The average Bonchev–Trinajstić information content (AvgIpc) is 2.40. The predicted molar refractivity (Wildman–Crippen MR) is 84.7 cm³/mol. The molecule has 0 radical (unpaired) electrons. The Morgan fingerprint density at radius 3 is 2.25 bits per heavy atom. The van der Waals surface area contributed by atoms with Gasteiger partial charge < -0.3 is 10.5 Å². The molecule has 2 N–H and O–H groups in total.